The minimum Gasteiger partial charge on any atom is -0.284 e. The van der Waals surface area contributed by atoms with Crippen LogP contribution in [0.2, 0.25) is 0 Å². The van der Waals surface area contributed by atoms with Crippen LogP contribution < -0.4 is 0 Å². The van der Waals surface area contributed by atoms with E-state index in [4.69, 9.17) is 0 Å². The van der Waals surface area contributed by atoms with Crippen molar-refractivity contribution in [2.75, 3.05) is 0 Å². The Bertz CT molecular complexity index is 786. The van der Waals surface area contributed by atoms with Gasteiger partial charge in [0.25, 0.3) is 0 Å². The Balaban J connectivity index is 1.80. The molecule has 1 amide bonds. The van der Waals surface area contributed by atoms with Gasteiger partial charge in [0.15, 0.2) is 5.17 Å². The van der Waals surface area contributed by atoms with Crippen LogP contribution >= 0.6 is 11.8 Å². The lowest BCUT2D eigenvalue weighted by atomic mass is 10.1. The highest BCUT2D eigenvalue weighted by molar-refractivity contribution is 8.15. The highest BCUT2D eigenvalue weighted by atomic mass is 32.2. The summed E-state index contributed by atoms with van der Waals surface area (Å²) in [7, 11) is 0. The molecule has 0 spiro atoms. The molecule has 122 valence electrons. The summed E-state index contributed by atoms with van der Waals surface area (Å²) >= 11 is 1.45. The van der Waals surface area contributed by atoms with Gasteiger partial charge >= 0.3 is 0 Å². The van der Waals surface area contributed by atoms with Crippen molar-refractivity contribution in [1.82, 2.24) is 4.90 Å². The number of benzene rings is 2. The second-order valence-electron chi connectivity index (χ2n) is 5.65. The first-order valence-electron chi connectivity index (χ1n) is 7.84. The normalized spacial score (nSPS) is 19.6. The van der Waals surface area contributed by atoms with Gasteiger partial charge in [-0.25, -0.2) is 0 Å². The third-order valence-corrected chi connectivity index (χ3v) is 4.93. The number of nitrogens with zero attached hydrogens (tertiary/aromatic N) is 3. The third kappa shape index (κ3) is 3.74. The van der Waals surface area contributed by atoms with Crippen molar-refractivity contribution in [2.24, 2.45) is 10.2 Å². The molecule has 5 heteroatoms. The van der Waals surface area contributed by atoms with Gasteiger partial charge in [-0.15, -0.1) is 5.10 Å². The summed E-state index contributed by atoms with van der Waals surface area (Å²) in [6.45, 7) is 4.49. The van der Waals surface area contributed by atoms with E-state index in [0.717, 1.165) is 11.1 Å². The van der Waals surface area contributed by atoms with E-state index < -0.39 is 0 Å². The average Bonchev–Trinajstić information content (AvgIpc) is 2.85. The highest BCUT2D eigenvalue weighted by Crippen LogP contribution is 2.29. The van der Waals surface area contributed by atoms with Gasteiger partial charge in [-0.2, -0.15) is 5.10 Å². The van der Waals surface area contributed by atoms with Crippen LogP contribution in [0.25, 0.3) is 0 Å². The van der Waals surface area contributed by atoms with Crippen LogP contribution in [-0.2, 0) is 11.3 Å². The molecule has 1 aliphatic heterocycles. The van der Waals surface area contributed by atoms with E-state index in [1.54, 1.807) is 11.1 Å². The van der Waals surface area contributed by atoms with Gasteiger partial charge in [-0.3, -0.25) is 9.69 Å². The van der Waals surface area contributed by atoms with Crippen molar-refractivity contribution < 1.29 is 4.79 Å². The van der Waals surface area contributed by atoms with Gasteiger partial charge < -0.3 is 0 Å². The van der Waals surface area contributed by atoms with Crippen LogP contribution in [0.3, 0.4) is 0 Å². The van der Waals surface area contributed by atoms with Crippen LogP contribution in [-0.4, -0.2) is 27.4 Å². The lowest BCUT2D eigenvalue weighted by Crippen LogP contribution is -2.31. The molecule has 2 aromatic carbocycles. The maximum absolute atomic E-state index is 12.4. The molecular weight excluding hydrogens is 318 g/mol. The molecule has 1 atom stereocenters. The number of amides is 1. The van der Waals surface area contributed by atoms with E-state index in [1.165, 1.54) is 17.3 Å². The molecule has 1 saturated heterocycles. The van der Waals surface area contributed by atoms with E-state index in [2.05, 4.69) is 23.2 Å². The van der Waals surface area contributed by atoms with Crippen LogP contribution in [0, 0.1) is 6.92 Å². The van der Waals surface area contributed by atoms with Crippen molar-refractivity contribution in [3.8, 4) is 0 Å². The minimum absolute atomic E-state index is 0.0805. The Morgan fingerprint density at radius 3 is 2.58 bits per heavy atom. The number of amidine groups is 1. The number of thioether (sulfide) groups is 1. The van der Waals surface area contributed by atoms with Gasteiger partial charge in [-0.1, -0.05) is 66.4 Å². The van der Waals surface area contributed by atoms with Crippen molar-refractivity contribution >= 4 is 29.1 Å². The molecule has 4 nitrogen and oxygen atoms in total. The van der Waals surface area contributed by atoms with E-state index in [0.29, 0.717) is 11.7 Å². The number of rotatable bonds is 4. The number of aryl methyl sites for hydroxylation is 1. The quantitative estimate of drug-likeness (QED) is 0.628. The first-order chi connectivity index (χ1) is 11.6. The summed E-state index contributed by atoms with van der Waals surface area (Å²) < 4.78 is 0. The largest absolute Gasteiger partial charge is 0.284 e. The van der Waals surface area contributed by atoms with Gasteiger partial charge in [0.2, 0.25) is 5.91 Å². The van der Waals surface area contributed by atoms with Crippen LogP contribution in [0.1, 0.15) is 23.6 Å². The lowest BCUT2D eigenvalue weighted by molar-refractivity contribution is -0.126. The van der Waals surface area contributed by atoms with Crippen molar-refractivity contribution in [2.45, 2.75) is 25.6 Å². The van der Waals surface area contributed by atoms with E-state index in [9.17, 15) is 4.79 Å². The van der Waals surface area contributed by atoms with Gasteiger partial charge in [0.05, 0.1) is 18.0 Å². The second-order valence-corrected chi connectivity index (χ2v) is 6.96. The zero-order chi connectivity index (χ0) is 16.9. The molecule has 1 fully saturated rings. The molecule has 0 saturated carbocycles. The average molecular weight is 337 g/mol. The smallest absolute Gasteiger partial charge is 0.242 e. The zero-order valence-corrected chi connectivity index (χ0v) is 14.5. The fourth-order valence-electron chi connectivity index (χ4n) is 2.45. The maximum atomic E-state index is 12.4. The Morgan fingerprint density at radius 2 is 1.83 bits per heavy atom. The molecule has 1 aliphatic rings. The van der Waals surface area contributed by atoms with Crippen molar-refractivity contribution in [3.63, 3.8) is 0 Å². The van der Waals surface area contributed by atoms with E-state index in [1.807, 2.05) is 55.5 Å². The van der Waals surface area contributed by atoms with Crippen LogP contribution in [0.4, 0.5) is 0 Å². The van der Waals surface area contributed by atoms with Crippen LogP contribution in [0.15, 0.2) is 64.8 Å². The summed E-state index contributed by atoms with van der Waals surface area (Å²) in [5.41, 5.74) is 3.27. The number of carbonyl (C=O) groups is 1. The van der Waals surface area contributed by atoms with Crippen molar-refractivity contribution in [3.05, 3.63) is 71.3 Å². The Labute approximate surface area is 146 Å². The summed E-state index contributed by atoms with van der Waals surface area (Å²) in [6.07, 6.45) is 1.70. The highest BCUT2D eigenvalue weighted by Gasteiger charge is 2.35. The topological polar surface area (TPSA) is 45.0 Å². The molecule has 0 radical (unpaired) electrons. The lowest BCUT2D eigenvalue weighted by Gasteiger charge is -2.16. The minimum atomic E-state index is -0.125. The van der Waals surface area contributed by atoms with Gasteiger partial charge in [0, 0.05) is 0 Å². The van der Waals surface area contributed by atoms with Gasteiger partial charge in [0.1, 0.15) is 0 Å². The first kappa shape index (κ1) is 16.5. The number of carbonyl (C=O) groups excluding carboxylic acids is 1. The molecule has 3 rings (SSSR count). The van der Waals surface area contributed by atoms with Crippen molar-refractivity contribution in [1.29, 1.82) is 0 Å². The molecule has 2 aromatic rings. The summed E-state index contributed by atoms with van der Waals surface area (Å²) in [4.78, 5) is 14.2. The summed E-state index contributed by atoms with van der Waals surface area (Å²) in [5, 5.41) is 8.97. The molecule has 0 bridgehead atoms. The monoisotopic (exact) mass is 337 g/mol. The van der Waals surface area contributed by atoms with E-state index >= 15 is 0 Å². The molecule has 24 heavy (non-hydrogen) atoms. The SMILES string of the molecule is Cc1ccccc1CN1C(=O)C(C)S/C1=N/N=C/c1ccccc1. The van der Waals surface area contributed by atoms with E-state index in [-0.39, 0.29) is 11.2 Å². The van der Waals surface area contributed by atoms with Gasteiger partial charge in [-0.05, 0) is 30.5 Å². The predicted octanol–water partition coefficient (Wildman–Crippen LogP) is 3.85. The fraction of sp³-hybridized carbons (Fsp3) is 0.211. The predicted molar refractivity (Wildman–Crippen MR) is 100 cm³/mol. The Morgan fingerprint density at radius 1 is 1.12 bits per heavy atom. The molecule has 1 heterocycles. The fourth-order valence-corrected chi connectivity index (χ4v) is 3.37. The Hall–Kier alpha value is -2.40. The van der Waals surface area contributed by atoms with Crippen LogP contribution in [0.5, 0.6) is 0 Å². The molecule has 1 unspecified atom stereocenters. The molecule has 0 aromatic heterocycles. The standard InChI is InChI=1S/C19H19N3OS/c1-14-8-6-7-11-17(14)13-22-18(23)15(2)24-19(22)21-20-12-16-9-4-3-5-10-16/h3-12,15H,13H2,1-2H3/b20-12+,21-19+. The maximum Gasteiger partial charge on any atom is 0.242 e. The molecular formula is C19H19N3OS. The summed E-state index contributed by atoms with van der Waals surface area (Å²) in [6, 6.07) is 17.9. The molecule has 0 N–H and O–H groups in total. The second kappa shape index (κ2) is 7.45. The number of hydrogen-bond donors (Lipinski definition) is 0. The first-order valence-corrected chi connectivity index (χ1v) is 8.72. The summed E-state index contributed by atoms with van der Waals surface area (Å²) in [5.74, 6) is 0.0805. The molecule has 0 aliphatic carbocycles. The zero-order valence-electron chi connectivity index (χ0n) is 13.7. The Kier molecular flexibility index (Phi) is 5.11. The third-order valence-electron chi connectivity index (χ3n) is 3.87. The number of hydrogen-bond acceptors (Lipinski definition) is 4.